The third-order valence-corrected chi connectivity index (χ3v) is 5.44. The van der Waals surface area contributed by atoms with Crippen LogP contribution in [0.2, 0.25) is 0 Å². The zero-order valence-electron chi connectivity index (χ0n) is 14.7. The van der Waals surface area contributed by atoms with Crippen LogP contribution in [0.25, 0.3) is 0 Å². The quantitative estimate of drug-likeness (QED) is 0.766. The Morgan fingerprint density at radius 1 is 1.31 bits per heavy atom. The van der Waals surface area contributed by atoms with Gasteiger partial charge in [0, 0.05) is 43.6 Å². The van der Waals surface area contributed by atoms with Crippen molar-refractivity contribution in [1.82, 2.24) is 10.2 Å². The molecule has 8 heteroatoms. The van der Waals surface area contributed by atoms with Gasteiger partial charge in [0.25, 0.3) is 5.91 Å². The number of nitrogens with one attached hydrogen (secondary N) is 2. The fraction of sp³-hybridized carbons (Fsp3) is 0.556. The standard InChI is InChI=1S/C18H25N3O4S/c22-17(11-14-13-26-10-5-19-14)20-15-3-1-2-4-16(15)25-12-18(23)21-6-8-24-9-7-21/h1-4,14,19H,5-13H2,(H,20,22). The number of carbonyl (C=O) groups is 2. The second kappa shape index (κ2) is 9.80. The van der Waals surface area contributed by atoms with Crippen LogP contribution in [0.3, 0.4) is 0 Å². The molecule has 0 aliphatic carbocycles. The van der Waals surface area contributed by atoms with Crippen LogP contribution in [0.5, 0.6) is 5.75 Å². The lowest BCUT2D eigenvalue weighted by Crippen LogP contribution is -2.43. The summed E-state index contributed by atoms with van der Waals surface area (Å²) in [7, 11) is 0. The Balaban J connectivity index is 1.52. The van der Waals surface area contributed by atoms with Crippen LogP contribution in [0.4, 0.5) is 5.69 Å². The molecule has 3 rings (SSSR count). The molecular weight excluding hydrogens is 354 g/mol. The van der Waals surface area contributed by atoms with E-state index in [2.05, 4.69) is 10.6 Å². The summed E-state index contributed by atoms with van der Waals surface area (Å²) in [5.74, 6) is 2.41. The van der Waals surface area contributed by atoms with E-state index in [0.717, 1.165) is 18.1 Å². The minimum absolute atomic E-state index is 0.0479. The number of carbonyl (C=O) groups excluding carboxylic acids is 2. The van der Waals surface area contributed by atoms with E-state index >= 15 is 0 Å². The Morgan fingerprint density at radius 2 is 2.12 bits per heavy atom. The molecule has 0 radical (unpaired) electrons. The largest absolute Gasteiger partial charge is 0.482 e. The summed E-state index contributed by atoms with van der Waals surface area (Å²) in [6.07, 6.45) is 0.425. The summed E-state index contributed by atoms with van der Waals surface area (Å²) >= 11 is 1.86. The van der Waals surface area contributed by atoms with Crippen LogP contribution in [0.1, 0.15) is 6.42 Å². The highest BCUT2D eigenvalue weighted by Crippen LogP contribution is 2.24. The van der Waals surface area contributed by atoms with E-state index < -0.39 is 0 Å². The van der Waals surface area contributed by atoms with E-state index in [4.69, 9.17) is 9.47 Å². The molecule has 0 saturated carbocycles. The van der Waals surface area contributed by atoms with Crippen LogP contribution in [0, 0.1) is 0 Å². The minimum Gasteiger partial charge on any atom is -0.482 e. The molecule has 2 heterocycles. The van der Waals surface area contributed by atoms with E-state index in [-0.39, 0.29) is 24.5 Å². The highest BCUT2D eigenvalue weighted by Gasteiger charge is 2.19. The number of benzene rings is 1. The van der Waals surface area contributed by atoms with E-state index in [1.165, 1.54) is 0 Å². The molecule has 0 aromatic heterocycles. The third kappa shape index (κ3) is 5.62. The number of hydrogen-bond donors (Lipinski definition) is 2. The molecule has 26 heavy (non-hydrogen) atoms. The molecule has 2 fully saturated rings. The van der Waals surface area contributed by atoms with Gasteiger partial charge >= 0.3 is 0 Å². The summed E-state index contributed by atoms with van der Waals surface area (Å²) in [5, 5.41) is 6.26. The number of ether oxygens (including phenoxy) is 2. The average molecular weight is 379 g/mol. The topological polar surface area (TPSA) is 79.9 Å². The molecule has 7 nitrogen and oxygen atoms in total. The Labute approximate surface area is 157 Å². The van der Waals surface area contributed by atoms with Crippen LogP contribution in [-0.2, 0) is 14.3 Å². The van der Waals surface area contributed by atoms with Gasteiger partial charge in [-0.2, -0.15) is 11.8 Å². The number of hydrogen-bond acceptors (Lipinski definition) is 6. The third-order valence-electron chi connectivity index (χ3n) is 4.31. The molecule has 1 unspecified atom stereocenters. The van der Waals surface area contributed by atoms with Crippen LogP contribution in [-0.4, -0.2) is 73.7 Å². The Morgan fingerprint density at radius 3 is 2.88 bits per heavy atom. The molecule has 2 aliphatic rings. The lowest BCUT2D eigenvalue weighted by molar-refractivity contribution is -0.137. The van der Waals surface area contributed by atoms with Gasteiger partial charge in [0.15, 0.2) is 6.61 Å². The fourth-order valence-electron chi connectivity index (χ4n) is 2.92. The fourth-order valence-corrected chi connectivity index (χ4v) is 3.86. The zero-order chi connectivity index (χ0) is 18.2. The van der Waals surface area contributed by atoms with Crippen LogP contribution < -0.4 is 15.4 Å². The molecule has 2 N–H and O–H groups in total. The number of thioether (sulfide) groups is 1. The van der Waals surface area contributed by atoms with Crippen LogP contribution in [0.15, 0.2) is 24.3 Å². The van der Waals surface area contributed by atoms with Crippen LogP contribution >= 0.6 is 11.8 Å². The maximum absolute atomic E-state index is 12.3. The Bertz CT molecular complexity index is 616. The molecule has 2 saturated heterocycles. The first-order valence-corrected chi connectivity index (χ1v) is 10.1. The van der Waals surface area contributed by atoms with Gasteiger partial charge in [-0.15, -0.1) is 0 Å². The first-order chi connectivity index (χ1) is 12.7. The molecule has 2 amide bonds. The van der Waals surface area contributed by atoms with E-state index in [1.54, 1.807) is 17.0 Å². The van der Waals surface area contributed by atoms with Crippen molar-refractivity contribution in [3.8, 4) is 5.75 Å². The van der Waals surface area contributed by atoms with Crippen molar-refractivity contribution < 1.29 is 19.1 Å². The van der Waals surface area contributed by atoms with Gasteiger partial charge in [-0.1, -0.05) is 12.1 Å². The second-order valence-corrected chi connectivity index (χ2v) is 7.41. The van der Waals surface area contributed by atoms with Gasteiger partial charge < -0.3 is 25.0 Å². The Kier molecular flexibility index (Phi) is 7.16. The molecule has 0 bridgehead atoms. The predicted molar refractivity (Wildman–Crippen MR) is 102 cm³/mol. The van der Waals surface area contributed by atoms with Gasteiger partial charge in [-0.25, -0.2) is 0 Å². The van der Waals surface area contributed by atoms with Crippen molar-refractivity contribution in [2.75, 3.05) is 56.3 Å². The molecule has 2 aliphatic heterocycles. The highest BCUT2D eigenvalue weighted by molar-refractivity contribution is 7.99. The Hall–Kier alpha value is -1.77. The smallest absolute Gasteiger partial charge is 0.260 e. The minimum atomic E-state index is -0.0714. The van der Waals surface area contributed by atoms with Crippen molar-refractivity contribution in [3.05, 3.63) is 24.3 Å². The van der Waals surface area contributed by atoms with Crippen molar-refractivity contribution >= 4 is 29.3 Å². The molecular formula is C18H25N3O4S. The van der Waals surface area contributed by atoms with E-state index in [1.807, 2.05) is 23.9 Å². The normalized spacial score (nSPS) is 20.5. The number of anilines is 1. The molecule has 1 aromatic carbocycles. The predicted octanol–water partition coefficient (Wildman–Crippen LogP) is 0.958. The number of nitrogens with zero attached hydrogens (tertiary/aromatic N) is 1. The molecule has 1 aromatic rings. The van der Waals surface area contributed by atoms with Gasteiger partial charge in [0.05, 0.1) is 18.9 Å². The highest BCUT2D eigenvalue weighted by atomic mass is 32.2. The number of para-hydroxylation sites is 2. The number of amides is 2. The van der Waals surface area contributed by atoms with E-state index in [0.29, 0.717) is 44.2 Å². The van der Waals surface area contributed by atoms with Crippen molar-refractivity contribution in [1.29, 1.82) is 0 Å². The summed E-state index contributed by atoms with van der Waals surface area (Å²) in [5.41, 5.74) is 0.593. The number of rotatable bonds is 6. The molecule has 0 spiro atoms. The maximum Gasteiger partial charge on any atom is 0.260 e. The SMILES string of the molecule is O=C(CC1CSCCN1)Nc1ccccc1OCC(=O)N1CCOCC1. The van der Waals surface area contributed by atoms with Crippen molar-refractivity contribution in [3.63, 3.8) is 0 Å². The van der Waals surface area contributed by atoms with Crippen molar-refractivity contribution in [2.24, 2.45) is 0 Å². The second-order valence-electron chi connectivity index (χ2n) is 6.26. The first-order valence-electron chi connectivity index (χ1n) is 8.90. The zero-order valence-corrected chi connectivity index (χ0v) is 15.6. The van der Waals surface area contributed by atoms with Crippen molar-refractivity contribution in [2.45, 2.75) is 12.5 Å². The molecule has 142 valence electrons. The maximum atomic E-state index is 12.3. The number of morpholine rings is 1. The summed E-state index contributed by atoms with van der Waals surface area (Å²) < 4.78 is 10.9. The van der Waals surface area contributed by atoms with E-state index in [9.17, 15) is 9.59 Å². The van der Waals surface area contributed by atoms with Gasteiger partial charge in [-0.3, -0.25) is 9.59 Å². The summed E-state index contributed by atoms with van der Waals surface area (Å²) in [4.78, 5) is 26.3. The first kappa shape index (κ1) is 19.0. The van der Waals surface area contributed by atoms with Gasteiger partial charge in [0.2, 0.25) is 5.91 Å². The average Bonchev–Trinajstić information content (AvgIpc) is 2.68. The van der Waals surface area contributed by atoms with Gasteiger partial charge in [-0.05, 0) is 12.1 Å². The van der Waals surface area contributed by atoms with Gasteiger partial charge in [0.1, 0.15) is 5.75 Å². The lowest BCUT2D eigenvalue weighted by Gasteiger charge is -2.27. The monoisotopic (exact) mass is 379 g/mol. The molecule has 1 atom stereocenters. The summed E-state index contributed by atoms with van der Waals surface area (Å²) in [6.45, 7) is 3.19. The lowest BCUT2D eigenvalue weighted by atomic mass is 10.2. The summed E-state index contributed by atoms with van der Waals surface area (Å²) in [6, 6.07) is 7.40.